The number of thiol groups is 1. The molecule has 1 atom stereocenters. The van der Waals surface area contributed by atoms with Crippen LogP contribution >= 0.6 is 35.8 Å². The van der Waals surface area contributed by atoms with Crippen LogP contribution in [0, 0.1) is 0 Å². The first kappa shape index (κ1) is 22.0. The highest BCUT2D eigenvalue weighted by molar-refractivity contribution is 7.80. The lowest BCUT2D eigenvalue weighted by Gasteiger charge is -2.35. The van der Waals surface area contributed by atoms with Crippen LogP contribution in [0.3, 0.4) is 0 Å². The summed E-state index contributed by atoms with van der Waals surface area (Å²) in [6, 6.07) is 5.29. The number of aromatic amines is 1. The number of hydrogen-bond donors (Lipinski definition) is 4. The SMILES string of the molecule is CC(CS)N1CCC(NC(=O)c2[nH]ncc2NC(=O)c2c(Cl)cccc2Cl)CC1. The van der Waals surface area contributed by atoms with Crippen molar-refractivity contribution in [1.29, 1.82) is 0 Å². The molecule has 1 aromatic carbocycles. The summed E-state index contributed by atoms with van der Waals surface area (Å²) in [6.07, 6.45) is 3.10. The molecule has 0 bridgehead atoms. The summed E-state index contributed by atoms with van der Waals surface area (Å²) < 4.78 is 0. The monoisotopic (exact) mass is 455 g/mol. The molecular formula is C19H23Cl2N5O2S. The van der Waals surface area contributed by atoms with Gasteiger partial charge in [0, 0.05) is 30.9 Å². The third-order valence-corrected chi connectivity index (χ3v) is 6.22. The second-order valence-corrected chi connectivity index (χ2v) is 8.20. The van der Waals surface area contributed by atoms with Gasteiger partial charge < -0.3 is 10.6 Å². The van der Waals surface area contributed by atoms with E-state index in [4.69, 9.17) is 23.2 Å². The number of H-pyrrole nitrogens is 1. The zero-order valence-corrected chi connectivity index (χ0v) is 18.3. The quantitative estimate of drug-likeness (QED) is 0.501. The van der Waals surface area contributed by atoms with Crippen molar-refractivity contribution in [3.05, 3.63) is 45.7 Å². The van der Waals surface area contributed by atoms with Crippen LogP contribution < -0.4 is 10.6 Å². The smallest absolute Gasteiger partial charge is 0.271 e. The first-order chi connectivity index (χ1) is 13.9. The predicted molar refractivity (Wildman–Crippen MR) is 118 cm³/mol. The van der Waals surface area contributed by atoms with Crippen LogP contribution in [0.5, 0.6) is 0 Å². The molecule has 1 aromatic heterocycles. The molecule has 10 heteroatoms. The van der Waals surface area contributed by atoms with Crippen molar-refractivity contribution in [1.82, 2.24) is 20.4 Å². The molecule has 0 saturated carbocycles. The van der Waals surface area contributed by atoms with Crippen molar-refractivity contribution in [2.24, 2.45) is 0 Å². The average Bonchev–Trinajstić information content (AvgIpc) is 3.16. The Morgan fingerprint density at radius 3 is 2.55 bits per heavy atom. The summed E-state index contributed by atoms with van der Waals surface area (Å²) >= 11 is 16.5. The standard InChI is InChI=1S/C19H23Cl2N5O2S/c1-11(10-29)26-7-5-12(6-8-26)23-19(28)17-15(9-22-25-17)24-18(27)16-13(20)3-2-4-14(16)21/h2-4,9,11-12,29H,5-8,10H2,1H3,(H,22,25)(H,23,28)(H,24,27). The molecule has 3 N–H and O–H groups in total. The van der Waals surface area contributed by atoms with Crippen LogP contribution in [0.4, 0.5) is 5.69 Å². The average molecular weight is 456 g/mol. The molecule has 29 heavy (non-hydrogen) atoms. The number of benzene rings is 1. The Morgan fingerprint density at radius 2 is 1.93 bits per heavy atom. The van der Waals surface area contributed by atoms with Crippen LogP contribution in [0.2, 0.25) is 10.0 Å². The number of nitrogens with zero attached hydrogens (tertiary/aromatic N) is 2. The number of carbonyl (C=O) groups is 2. The second-order valence-electron chi connectivity index (χ2n) is 7.02. The van der Waals surface area contributed by atoms with E-state index >= 15 is 0 Å². The van der Waals surface area contributed by atoms with Crippen molar-refractivity contribution in [2.75, 3.05) is 24.2 Å². The lowest BCUT2D eigenvalue weighted by atomic mass is 10.0. The number of anilines is 1. The predicted octanol–water partition coefficient (Wildman–Crippen LogP) is 3.48. The van der Waals surface area contributed by atoms with Crippen molar-refractivity contribution in [3.63, 3.8) is 0 Å². The molecule has 2 aromatic rings. The molecule has 3 rings (SSSR count). The highest BCUT2D eigenvalue weighted by Crippen LogP contribution is 2.26. The molecule has 1 aliphatic rings. The number of nitrogens with one attached hydrogen (secondary N) is 3. The van der Waals surface area contributed by atoms with Gasteiger partial charge in [-0.05, 0) is 31.9 Å². The third-order valence-electron chi connectivity index (χ3n) is 5.06. The number of hydrogen-bond acceptors (Lipinski definition) is 5. The molecule has 1 unspecified atom stereocenters. The van der Waals surface area contributed by atoms with Gasteiger partial charge in [0.25, 0.3) is 11.8 Å². The van der Waals surface area contributed by atoms with Crippen LogP contribution in [0.15, 0.2) is 24.4 Å². The van der Waals surface area contributed by atoms with E-state index in [0.717, 1.165) is 31.7 Å². The van der Waals surface area contributed by atoms with E-state index in [2.05, 4.69) is 45.3 Å². The van der Waals surface area contributed by atoms with Gasteiger partial charge in [-0.15, -0.1) is 0 Å². The van der Waals surface area contributed by atoms with Gasteiger partial charge in [0.2, 0.25) is 0 Å². The largest absolute Gasteiger partial charge is 0.348 e. The maximum Gasteiger partial charge on any atom is 0.271 e. The Labute approximate surface area is 184 Å². The van der Waals surface area contributed by atoms with Gasteiger partial charge in [0.1, 0.15) is 5.69 Å². The van der Waals surface area contributed by atoms with E-state index in [-0.39, 0.29) is 38.9 Å². The topological polar surface area (TPSA) is 90.1 Å². The highest BCUT2D eigenvalue weighted by Gasteiger charge is 2.25. The zero-order valence-electron chi connectivity index (χ0n) is 15.9. The van der Waals surface area contributed by atoms with E-state index in [1.165, 1.54) is 6.20 Å². The van der Waals surface area contributed by atoms with E-state index in [1.54, 1.807) is 18.2 Å². The normalized spacial score (nSPS) is 16.4. The van der Waals surface area contributed by atoms with Crippen LogP contribution in [-0.4, -0.2) is 57.8 Å². The van der Waals surface area contributed by atoms with Gasteiger partial charge in [-0.25, -0.2) is 0 Å². The minimum Gasteiger partial charge on any atom is -0.348 e. The van der Waals surface area contributed by atoms with Gasteiger partial charge in [-0.1, -0.05) is 29.3 Å². The summed E-state index contributed by atoms with van der Waals surface area (Å²) in [5.74, 6) is -0.0159. The summed E-state index contributed by atoms with van der Waals surface area (Å²) in [5, 5.41) is 12.7. The Kier molecular flexibility index (Phi) is 7.45. The summed E-state index contributed by atoms with van der Waals surface area (Å²) in [4.78, 5) is 27.7. The van der Waals surface area contributed by atoms with E-state index in [0.29, 0.717) is 6.04 Å². The summed E-state index contributed by atoms with van der Waals surface area (Å²) in [7, 11) is 0. The first-order valence-electron chi connectivity index (χ1n) is 9.35. The van der Waals surface area contributed by atoms with Crippen LogP contribution in [0.1, 0.15) is 40.6 Å². The molecule has 0 aliphatic carbocycles. The van der Waals surface area contributed by atoms with Crippen LogP contribution in [0.25, 0.3) is 0 Å². The molecular weight excluding hydrogens is 433 g/mol. The van der Waals surface area contributed by atoms with Crippen molar-refractivity contribution < 1.29 is 9.59 Å². The van der Waals surface area contributed by atoms with Gasteiger partial charge in [-0.2, -0.15) is 17.7 Å². The Balaban J connectivity index is 1.63. The van der Waals surface area contributed by atoms with Gasteiger partial charge >= 0.3 is 0 Å². The fraction of sp³-hybridized carbons (Fsp3) is 0.421. The minimum absolute atomic E-state index is 0.0655. The summed E-state index contributed by atoms with van der Waals surface area (Å²) in [5.41, 5.74) is 0.603. The summed E-state index contributed by atoms with van der Waals surface area (Å²) in [6.45, 7) is 3.96. The van der Waals surface area contributed by atoms with E-state index in [9.17, 15) is 9.59 Å². The highest BCUT2D eigenvalue weighted by atomic mass is 35.5. The van der Waals surface area contributed by atoms with Gasteiger partial charge in [0.15, 0.2) is 0 Å². The fourth-order valence-corrected chi connectivity index (χ4v) is 4.11. The van der Waals surface area contributed by atoms with Crippen molar-refractivity contribution in [2.45, 2.75) is 31.8 Å². The molecule has 156 valence electrons. The van der Waals surface area contributed by atoms with Crippen LogP contribution in [-0.2, 0) is 0 Å². The maximum absolute atomic E-state index is 12.7. The third kappa shape index (κ3) is 5.25. The second kappa shape index (κ2) is 9.84. The van der Waals surface area contributed by atoms with Crippen molar-refractivity contribution >= 4 is 53.3 Å². The lowest BCUT2D eigenvalue weighted by Crippen LogP contribution is -2.47. The number of halogens is 2. The Hall–Kier alpha value is -1.74. The Bertz CT molecular complexity index is 863. The molecule has 2 heterocycles. The molecule has 1 aliphatic heterocycles. The van der Waals surface area contributed by atoms with E-state index in [1.807, 2.05) is 0 Å². The van der Waals surface area contributed by atoms with Gasteiger partial charge in [0.05, 0.1) is 27.5 Å². The number of carbonyl (C=O) groups excluding carboxylic acids is 2. The maximum atomic E-state index is 12.7. The number of piperidine rings is 1. The number of likely N-dealkylation sites (tertiary alicyclic amines) is 1. The molecule has 2 amide bonds. The number of amides is 2. The molecule has 0 radical (unpaired) electrons. The van der Waals surface area contributed by atoms with Crippen molar-refractivity contribution in [3.8, 4) is 0 Å². The molecule has 0 spiro atoms. The zero-order chi connectivity index (χ0) is 21.0. The number of aromatic nitrogens is 2. The molecule has 1 fully saturated rings. The molecule has 7 nitrogen and oxygen atoms in total. The lowest BCUT2D eigenvalue weighted by molar-refractivity contribution is 0.0897. The van der Waals surface area contributed by atoms with Gasteiger partial charge in [-0.3, -0.25) is 19.6 Å². The minimum atomic E-state index is -0.509. The number of rotatable bonds is 6. The molecule has 1 saturated heterocycles. The van der Waals surface area contributed by atoms with E-state index < -0.39 is 5.91 Å². The first-order valence-corrected chi connectivity index (χ1v) is 10.7. The fourth-order valence-electron chi connectivity index (χ4n) is 3.31. The Morgan fingerprint density at radius 1 is 1.28 bits per heavy atom.